The molecule has 0 spiro atoms. The van der Waals surface area contributed by atoms with E-state index in [1.807, 2.05) is 55.5 Å². The highest BCUT2D eigenvalue weighted by atomic mass is 16.7. The second-order valence-corrected chi connectivity index (χ2v) is 6.78. The van der Waals surface area contributed by atoms with Gasteiger partial charge in [-0.15, -0.1) is 0 Å². The summed E-state index contributed by atoms with van der Waals surface area (Å²) in [7, 11) is 0. The number of carbonyl (C=O) groups is 1. The summed E-state index contributed by atoms with van der Waals surface area (Å²) in [5, 5.41) is 17.3. The summed E-state index contributed by atoms with van der Waals surface area (Å²) in [5.41, 5.74) is 3.27. The van der Waals surface area contributed by atoms with Crippen LogP contribution in [-0.2, 0) is 4.79 Å². The van der Waals surface area contributed by atoms with Crippen molar-refractivity contribution in [3.8, 4) is 23.3 Å². The minimum atomic E-state index is -0.861. The van der Waals surface area contributed by atoms with Gasteiger partial charge in [-0.25, -0.2) is 4.68 Å². The number of hydrogen-bond acceptors (Lipinski definition) is 5. The zero-order chi connectivity index (χ0) is 19.3. The van der Waals surface area contributed by atoms with Crippen molar-refractivity contribution in [2.45, 2.75) is 12.8 Å². The zero-order valence-corrected chi connectivity index (χ0v) is 15.0. The number of rotatable bonds is 2. The van der Waals surface area contributed by atoms with Crippen molar-refractivity contribution >= 4 is 11.7 Å². The van der Waals surface area contributed by atoms with Gasteiger partial charge < -0.3 is 14.8 Å². The molecule has 138 valence electrons. The van der Waals surface area contributed by atoms with E-state index in [0.29, 0.717) is 17.3 Å². The second-order valence-electron chi connectivity index (χ2n) is 6.78. The van der Waals surface area contributed by atoms with Crippen LogP contribution in [0.3, 0.4) is 0 Å². The Balaban J connectivity index is 1.71. The first-order chi connectivity index (χ1) is 13.7. The average molecular weight is 372 g/mol. The van der Waals surface area contributed by atoms with E-state index in [2.05, 4.69) is 16.5 Å². The van der Waals surface area contributed by atoms with Gasteiger partial charge in [0.1, 0.15) is 11.7 Å². The molecule has 2 atom stereocenters. The number of amides is 1. The van der Waals surface area contributed by atoms with Crippen LogP contribution in [-0.4, -0.2) is 22.5 Å². The van der Waals surface area contributed by atoms with E-state index in [9.17, 15) is 10.1 Å². The van der Waals surface area contributed by atoms with Crippen LogP contribution < -0.4 is 14.8 Å². The van der Waals surface area contributed by atoms with Gasteiger partial charge in [0, 0.05) is 11.5 Å². The minimum absolute atomic E-state index is 0.168. The van der Waals surface area contributed by atoms with Crippen molar-refractivity contribution in [2.24, 2.45) is 5.92 Å². The topological polar surface area (TPSA) is 89.2 Å². The molecule has 0 fully saturated rings. The quantitative estimate of drug-likeness (QED) is 0.746. The van der Waals surface area contributed by atoms with Crippen LogP contribution in [0.25, 0.3) is 5.69 Å². The molecule has 7 nitrogen and oxygen atoms in total. The van der Waals surface area contributed by atoms with Crippen LogP contribution in [0.1, 0.15) is 22.7 Å². The highest BCUT2D eigenvalue weighted by molar-refractivity contribution is 5.98. The molecular weight excluding hydrogens is 356 g/mol. The number of aryl methyl sites for hydroxylation is 1. The molecule has 1 aromatic heterocycles. The normalized spacial score (nSPS) is 19.6. The number of fused-ring (bicyclic) bond motifs is 2. The van der Waals surface area contributed by atoms with Crippen molar-refractivity contribution in [3.63, 3.8) is 0 Å². The van der Waals surface area contributed by atoms with Gasteiger partial charge in [-0.05, 0) is 36.8 Å². The lowest BCUT2D eigenvalue weighted by Gasteiger charge is -2.28. The summed E-state index contributed by atoms with van der Waals surface area (Å²) >= 11 is 0. The number of ether oxygens (including phenoxy) is 2. The number of nitrogens with zero attached hydrogens (tertiary/aromatic N) is 3. The Labute approximate surface area is 161 Å². The highest BCUT2D eigenvalue weighted by Crippen LogP contribution is 2.45. The molecule has 1 N–H and O–H groups in total. The Bertz CT molecular complexity index is 1130. The third-order valence-corrected chi connectivity index (χ3v) is 5.17. The Morgan fingerprint density at radius 1 is 1.18 bits per heavy atom. The first-order valence-corrected chi connectivity index (χ1v) is 8.92. The van der Waals surface area contributed by atoms with E-state index in [0.717, 1.165) is 22.5 Å². The van der Waals surface area contributed by atoms with Gasteiger partial charge in [0.15, 0.2) is 11.5 Å². The molecule has 0 radical (unpaired) electrons. The van der Waals surface area contributed by atoms with Gasteiger partial charge in [0.25, 0.3) is 0 Å². The highest BCUT2D eigenvalue weighted by Gasteiger charge is 2.41. The lowest BCUT2D eigenvalue weighted by molar-refractivity contribution is -0.119. The molecule has 2 aromatic carbocycles. The molecule has 0 saturated carbocycles. The molecule has 0 bridgehead atoms. The van der Waals surface area contributed by atoms with Gasteiger partial charge in [0.05, 0.1) is 17.5 Å². The van der Waals surface area contributed by atoms with Crippen molar-refractivity contribution in [1.29, 1.82) is 5.26 Å². The number of carbonyl (C=O) groups excluding carboxylic acids is 1. The van der Waals surface area contributed by atoms with Crippen LogP contribution in [0.15, 0.2) is 48.5 Å². The molecule has 7 heteroatoms. The number of para-hydroxylation sites is 1. The van der Waals surface area contributed by atoms with E-state index in [-0.39, 0.29) is 12.7 Å². The fourth-order valence-corrected chi connectivity index (χ4v) is 3.90. The first-order valence-electron chi connectivity index (χ1n) is 8.92. The smallest absolute Gasteiger partial charge is 0.243 e. The van der Waals surface area contributed by atoms with E-state index in [4.69, 9.17) is 9.47 Å². The van der Waals surface area contributed by atoms with Crippen LogP contribution in [0, 0.1) is 24.2 Å². The molecule has 3 aromatic rings. The summed E-state index contributed by atoms with van der Waals surface area (Å²) in [5.74, 6) is 0.239. The SMILES string of the molecule is Cc1nn(-c2ccccc2)c2c1[C@@H](c1ccc3c(c1)OCO3)[C@@H](C#N)C(=O)N2. The number of nitriles is 1. The fourth-order valence-electron chi connectivity index (χ4n) is 3.90. The minimum Gasteiger partial charge on any atom is -0.454 e. The Kier molecular flexibility index (Phi) is 3.59. The molecule has 5 rings (SSSR count). The van der Waals surface area contributed by atoms with E-state index in [1.165, 1.54) is 0 Å². The third-order valence-electron chi connectivity index (χ3n) is 5.17. The largest absolute Gasteiger partial charge is 0.454 e. The maximum atomic E-state index is 12.8. The molecule has 2 aliphatic rings. The summed E-state index contributed by atoms with van der Waals surface area (Å²) in [6.45, 7) is 2.06. The van der Waals surface area contributed by atoms with Gasteiger partial charge in [-0.3, -0.25) is 4.79 Å². The molecule has 0 unspecified atom stereocenters. The molecular formula is C21H16N4O3. The van der Waals surface area contributed by atoms with Gasteiger partial charge in [-0.1, -0.05) is 24.3 Å². The Hall–Kier alpha value is -3.79. The average Bonchev–Trinajstić information content (AvgIpc) is 3.31. The predicted molar refractivity (Wildman–Crippen MR) is 100 cm³/mol. The maximum Gasteiger partial charge on any atom is 0.243 e. The standard InChI is InChI=1S/C21H16N4O3/c1-12-18-19(13-7-8-16-17(9-13)28-11-27-16)15(10-22)21(26)23-20(18)25(24-12)14-5-3-2-4-6-14/h2-9,15,19H,11H2,1H3,(H,23,26)/t15-,19+/m1/s1. The van der Waals surface area contributed by atoms with Crippen molar-refractivity contribution in [3.05, 3.63) is 65.4 Å². The Morgan fingerprint density at radius 3 is 2.75 bits per heavy atom. The van der Waals surface area contributed by atoms with Crippen LogP contribution in [0.4, 0.5) is 5.82 Å². The lowest BCUT2D eigenvalue weighted by atomic mass is 9.78. The molecule has 3 heterocycles. The molecule has 0 aliphatic carbocycles. The lowest BCUT2D eigenvalue weighted by Crippen LogP contribution is -2.34. The van der Waals surface area contributed by atoms with Crippen molar-refractivity contribution in [2.75, 3.05) is 12.1 Å². The van der Waals surface area contributed by atoms with Crippen molar-refractivity contribution in [1.82, 2.24) is 9.78 Å². The van der Waals surface area contributed by atoms with E-state index >= 15 is 0 Å². The monoisotopic (exact) mass is 372 g/mol. The summed E-state index contributed by atoms with van der Waals surface area (Å²) in [4.78, 5) is 12.8. The summed E-state index contributed by atoms with van der Waals surface area (Å²) in [6, 6.07) is 17.3. The number of hydrogen-bond donors (Lipinski definition) is 1. The van der Waals surface area contributed by atoms with Gasteiger partial charge in [-0.2, -0.15) is 10.4 Å². The van der Waals surface area contributed by atoms with Crippen LogP contribution in [0.2, 0.25) is 0 Å². The van der Waals surface area contributed by atoms with Gasteiger partial charge in [0.2, 0.25) is 12.7 Å². The number of benzene rings is 2. The fraction of sp³-hybridized carbons (Fsp3) is 0.190. The zero-order valence-electron chi connectivity index (χ0n) is 15.0. The van der Waals surface area contributed by atoms with E-state index in [1.54, 1.807) is 4.68 Å². The summed E-state index contributed by atoms with van der Waals surface area (Å²) in [6.07, 6.45) is 0. The first kappa shape index (κ1) is 16.4. The number of nitrogens with one attached hydrogen (secondary N) is 1. The van der Waals surface area contributed by atoms with E-state index < -0.39 is 11.8 Å². The molecule has 28 heavy (non-hydrogen) atoms. The maximum absolute atomic E-state index is 12.8. The number of aromatic nitrogens is 2. The van der Waals surface area contributed by atoms with Crippen LogP contribution in [0.5, 0.6) is 11.5 Å². The second kappa shape index (κ2) is 6.13. The summed E-state index contributed by atoms with van der Waals surface area (Å²) < 4.78 is 12.6. The predicted octanol–water partition coefficient (Wildman–Crippen LogP) is 3.13. The molecule has 0 saturated heterocycles. The molecule has 2 aliphatic heterocycles. The van der Waals surface area contributed by atoms with Crippen molar-refractivity contribution < 1.29 is 14.3 Å². The number of anilines is 1. The third kappa shape index (κ3) is 2.35. The van der Waals surface area contributed by atoms with Gasteiger partial charge >= 0.3 is 0 Å². The van der Waals surface area contributed by atoms with Crippen LogP contribution >= 0.6 is 0 Å². The Morgan fingerprint density at radius 2 is 1.96 bits per heavy atom. The molecule has 1 amide bonds.